The van der Waals surface area contributed by atoms with Crippen molar-refractivity contribution in [2.75, 3.05) is 6.61 Å². The molecule has 0 unspecified atom stereocenters. The third-order valence-corrected chi connectivity index (χ3v) is 4.58. The van der Waals surface area contributed by atoms with Crippen LogP contribution in [0.15, 0.2) is 16.0 Å². The Hall–Kier alpha value is -0.650. The SMILES string of the molecule is OCCn1ncc2c1-c1cc(Br)sc1CC2. The van der Waals surface area contributed by atoms with Crippen molar-refractivity contribution < 1.29 is 5.11 Å². The van der Waals surface area contributed by atoms with Crippen LogP contribution in [-0.4, -0.2) is 21.5 Å². The Balaban J connectivity index is 2.16. The lowest BCUT2D eigenvalue weighted by Gasteiger charge is -2.14. The largest absolute Gasteiger partial charge is 0.394 e. The molecule has 2 heterocycles. The smallest absolute Gasteiger partial charge is 0.0726 e. The number of hydrogen-bond donors (Lipinski definition) is 1. The molecule has 5 heteroatoms. The first-order valence-electron chi connectivity index (χ1n) is 5.23. The number of aryl methyl sites for hydroxylation is 2. The van der Waals surface area contributed by atoms with E-state index >= 15 is 0 Å². The molecule has 0 spiro atoms. The van der Waals surface area contributed by atoms with Crippen LogP contribution in [0.1, 0.15) is 10.4 Å². The minimum absolute atomic E-state index is 0.134. The molecule has 0 saturated heterocycles. The minimum Gasteiger partial charge on any atom is -0.394 e. The molecule has 0 radical (unpaired) electrons. The van der Waals surface area contributed by atoms with Gasteiger partial charge in [-0.05, 0) is 40.4 Å². The normalized spacial score (nSPS) is 13.6. The maximum absolute atomic E-state index is 9.03. The van der Waals surface area contributed by atoms with E-state index < -0.39 is 0 Å². The number of thiophene rings is 1. The molecule has 0 saturated carbocycles. The third-order valence-electron chi connectivity index (χ3n) is 2.88. The van der Waals surface area contributed by atoms with Gasteiger partial charge in [0.1, 0.15) is 0 Å². The van der Waals surface area contributed by atoms with Gasteiger partial charge in [0.25, 0.3) is 0 Å². The lowest BCUT2D eigenvalue weighted by Crippen LogP contribution is -2.08. The van der Waals surface area contributed by atoms with Crippen LogP contribution in [0, 0.1) is 0 Å². The maximum Gasteiger partial charge on any atom is 0.0726 e. The second-order valence-corrected chi connectivity index (χ2v) is 6.37. The first-order chi connectivity index (χ1) is 7.79. The molecule has 0 amide bonds. The summed E-state index contributed by atoms with van der Waals surface area (Å²) >= 11 is 5.33. The fraction of sp³-hybridized carbons (Fsp3) is 0.364. The van der Waals surface area contributed by atoms with Crippen LogP contribution in [0.25, 0.3) is 11.3 Å². The molecule has 3 nitrogen and oxygen atoms in total. The van der Waals surface area contributed by atoms with E-state index in [0.29, 0.717) is 6.54 Å². The van der Waals surface area contributed by atoms with E-state index in [1.54, 1.807) is 11.3 Å². The van der Waals surface area contributed by atoms with Crippen molar-refractivity contribution >= 4 is 27.3 Å². The Morgan fingerprint density at radius 2 is 2.38 bits per heavy atom. The van der Waals surface area contributed by atoms with E-state index in [0.717, 1.165) is 12.8 Å². The molecule has 16 heavy (non-hydrogen) atoms. The van der Waals surface area contributed by atoms with Crippen molar-refractivity contribution in [2.24, 2.45) is 0 Å². The van der Waals surface area contributed by atoms with Crippen molar-refractivity contribution in [1.29, 1.82) is 0 Å². The number of hydrogen-bond acceptors (Lipinski definition) is 3. The van der Waals surface area contributed by atoms with Crippen LogP contribution in [0.2, 0.25) is 0 Å². The van der Waals surface area contributed by atoms with E-state index in [1.807, 2.05) is 10.9 Å². The van der Waals surface area contributed by atoms with Crippen LogP contribution in [0.3, 0.4) is 0 Å². The molecule has 0 bridgehead atoms. The molecule has 0 aromatic carbocycles. The van der Waals surface area contributed by atoms with Crippen molar-refractivity contribution in [3.05, 3.63) is 26.5 Å². The molecule has 0 atom stereocenters. The minimum atomic E-state index is 0.134. The average Bonchev–Trinajstić information content (AvgIpc) is 2.81. The number of fused-ring (bicyclic) bond motifs is 3. The monoisotopic (exact) mass is 298 g/mol. The summed E-state index contributed by atoms with van der Waals surface area (Å²) in [7, 11) is 0. The molecule has 0 aliphatic heterocycles. The zero-order valence-electron chi connectivity index (χ0n) is 8.61. The Morgan fingerprint density at radius 3 is 3.19 bits per heavy atom. The number of aliphatic hydroxyl groups is 1. The first kappa shape index (κ1) is 10.5. The highest BCUT2D eigenvalue weighted by molar-refractivity contribution is 9.11. The molecule has 1 aliphatic rings. The van der Waals surface area contributed by atoms with Crippen molar-refractivity contribution in [3.8, 4) is 11.3 Å². The summed E-state index contributed by atoms with van der Waals surface area (Å²) in [6.07, 6.45) is 4.09. The zero-order chi connectivity index (χ0) is 11.1. The van der Waals surface area contributed by atoms with Gasteiger partial charge in [-0.1, -0.05) is 0 Å². The van der Waals surface area contributed by atoms with Crippen LogP contribution in [0.4, 0.5) is 0 Å². The van der Waals surface area contributed by atoms with Gasteiger partial charge in [0.2, 0.25) is 0 Å². The predicted molar refractivity (Wildman–Crippen MR) is 67.7 cm³/mol. The number of aliphatic hydroxyl groups excluding tert-OH is 1. The number of rotatable bonds is 2. The highest BCUT2D eigenvalue weighted by atomic mass is 79.9. The second kappa shape index (κ2) is 3.98. The summed E-state index contributed by atoms with van der Waals surface area (Å²) in [6, 6.07) is 2.16. The Labute approximate surface area is 106 Å². The second-order valence-electron chi connectivity index (χ2n) is 3.85. The molecule has 0 fully saturated rings. The Bertz CT molecular complexity index is 532. The van der Waals surface area contributed by atoms with Crippen molar-refractivity contribution in [1.82, 2.24) is 9.78 Å². The highest BCUT2D eigenvalue weighted by Crippen LogP contribution is 2.40. The molecule has 3 rings (SSSR count). The summed E-state index contributed by atoms with van der Waals surface area (Å²) in [4.78, 5) is 1.42. The van der Waals surface area contributed by atoms with Gasteiger partial charge in [-0.15, -0.1) is 11.3 Å². The molecule has 1 aliphatic carbocycles. The Kier molecular flexibility index (Phi) is 2.61. The number of nitrogens with zero attached hydrogens (tertiary/aromatic N) is 2. The molecule has 2 aromatic rings. The van der Waals surface area contributed by atoms with Gasteiger partial charge in [0.05, 0.1) is 28.8 Å². The van der Waals surface area contributed by atoms with E-state index in [4.69, 9.17) is 5.11 Å². The summed E-state index contributed by atoms with van der Waals surface area (Å²) in [5.74, 6) is 0. The number of aromatic nitrogens is 2. The Morgan fingerprint density at radius 1 is 1.50 bits per heavy atom. The van der Waals surface area contributed by atoms with E-state index in [9.17, 15) is 0 Å². The van der Waals surface area contributed by atoms with Gasteiger partial charge in [0, 0.05) is 10.4 Å². The van der Waals surface area contributed by atoms with Crippen molar-refractivity contribution in [2.45, 2.75) is 19.4 Å². The quantitative estimate of drug-likeness (QED) is 0.925. The summed E-state index contributed by atoms with van der Waals surface area (Å²) in [5, 5.41) is 13.4. The fourth-order valence-electron chi connectivity index (χ4n) is 2.21. The first-order valence-corrected chi connectivity index (χ1v) is 6.84. The zero-order valence-corrected chi connectivity index (χ0v) is 11.0. The molecular formula is C11H11BrN2OS. The van der Waals surface area contributed by atoms with Crippen LogP contribution < -0.4 is 0 Å². The fourth-order valence-corrected chi connectivity index (χ4v) is 3.91. The number of halogens is 1. The van der Waals surface area contributed by atoms with Gasteiger partial charge >= 0.3 is 0 Å². The van der Waals surface area contributed by atoms with Gasteiger partial charge in [0.15, 0.2) is 0 Å². The highest BCUT2D eigenvalue weighted by Gasteiger charge is 2.22. The maximum atomic E-state index is 9.03. The van der Waals surface area contributed by atoms with Gasteiger partial charge in [-0.2, -0.15) is 5.10 Å². The van der Waals surface area contributed by atoms with Crippen LogP contribution in [-0.2, 0) is 19.4 Å². The van der Waals surface area contributed by atoms with Gasteiger partial charge < -0.3 is 5.11 Å². The third kappa shape index (κ3) is 1.54. The summed E-state index contributed by atoms with van der Waals surface area (Å²) in [6.45, 7) is 0.705. The lowest BCUT2D eigenvalue weighted by atomic mass is 9.97. The molecule has 1 N–H and O–H groups in total. The van der Waals surface area contributed by atoms with Crippen molar-refractivity contribution in [3.63, 3.8) is 0 Å². The summed E-state index contributed by atoms with van der Waals surface area (Å²) in [5.41, 5.74) is 3.77. The molecule has 84 valence electrons. The standard InChI is InChI=1S/C11H11BrN2OS/c12-10-5-8-9(16-10)2-1-7-6-13-14(3-4-15)11(7)8/h5-6,15H,1-4H2. The summed E-state index contributed by atoms with van der Waals surface area (Å²) < 4.78 is 3.08. The van der Waals surface area contributed by atoms with Gasteiger partial charge in [-0.25, -0.2) is 0 Å². The van der Waals surface area contributed by atoms with Crippen LogP contribution >= 0.6 is 27.3 Å². The predicted octanol–water partition coefficient (Wildman–Crippen LogP) is 2.46. The van der Waals surface area contributed by atoms with E-state index in [1.165, 1.54) is 25.5 Å². The van der Waals surface area contributed by atoms with E-state index in [-0.39, 0.29) is 6.61 Å². The topological polar surface area (TPSA) is 38.0 Å². The van der Waals surface area contributed by atoms with Gasteiger partial charge in [-0.3, -0.25) is 4.68 Å². The average molecular weight is 299 g/mol. The van der Waals surface area contributed by atoms with E-state index in [2.05, 4.69) is 27.1 Å². The lowest BCUT2D eigenvalue weighted by molar-refractivity contribution is 0.270. The molecular weight excluding hydrogens is 288 g/mol. The molecule has 2 aromatic heterocycles. The van der Waals surface area contributed by atoms with Crippen LogP contribution in [0.5, 0.6) is 0 Å².